The number of likely N-dealkylation sites (tertiary alicyclic amines) is 1. The standard InChI is InChI=1S/C22H22N2O6/c1-12-17(21(27)28)7-8-18(19(12)22(29)30)14-3-5-15(6-4-14)20(26)24-10-9-16(11-24)23-13(2)25/h3-8,16H,9-11H2,1-2H3,(H,23,25)(H,27,28)(H,29,30)/t16-/m0/s1. The van der Waals surface area contributed by atoms with Gasteiger partial charge in [-0.2, -0.15) is 0 Å². The molecule has 2 aromatic carbocycles. The molecule has 3 N–H and O–H groups in total. The minimum absolute atomic E-state index is 0.0560. The maximum absolute atomic E-state index is 12.7. The van der Waals surface area contributed by atoms with Crippen LogP contribution >= 0.6 is 0 Å². The highest BCUT2D eigenvalue weighted by Crippen LogP contribution is 2.29. The van der Waals surface area contributed by atoms with Crippen molar-refractivity contribution in [3.05, 3.63) is 58.7 Å². The Kier molecular flexibility index (Phi) is 5.86. The second-order valence-electron chi connectivity index (χ2n) is 7.29. The zero-order valence-corrected chi connectivity index (χ0v) is 16.6. The first-order chi connectivity index (χ1) is 14.2. The Morgan fingerprint density at radius 1 is 1.00 bits per heavy atom. The molecule has 0 spiro atoms. The van der Waals surface area contributed by atoms with Gasteiger partial charge in [0.2, 0.25) is 5.91 Å². The van der Waals surface area contributed by atoms with Crippen LogP contribution in [0.5, 0.6) is 0 Å². The Bertz CT molecular complexity index is 1030. The maximum Gasteiger partial charge on any atom is 0.336 e. The third kappa shape index (κ3) is 4.17. The quantitative estimate of drug-likeness (QED) is 0.695. The van der Waals surface area contributed by atoms with Crippen LogP contribution in [0.15, 0.2) is 36.4 Å². The average molecular weight is 410 g/mol. The van der Waals surface area contributed by atoms with E-state index in [0.29, 0.717) is 36.2 Å². The van der Waals surface area contributed by atoms with Crippen LogP contribution < -0.4 is 5.32 Å². The van der Waals surface area contributed by atoms with E-state index in [-0.39, 0.29) is 34.5 Å². The molecule has 1 fully saturated rings. The molecule has 0 radical (unpaired) electrons. The SMILES string of the molecule is CC(=O)N[C@H]1CCN(C(=O)c2ccc(-c3ccc(C(=O)O)c(C)c3C(=O)O)cc2)C1. The van der Waals surface area contributed by atoms with E-state index in [1.54, 1.807) is 29.2 Å². The van der Waals surface area contributed by atoms with Crippen LogP contribution in [-0.4, -0.2) is 58.0 Å². The number of carbonyl (C=O) groups excluding carboxylic acids is 2. The molecule has 1 saturated heterocycles. The molecule has 1 aliphatic rings. The van der Waals surface area contributed by atoms with Crippen molar-refractivity contribution >= 4 is 23.8 Å². The number of carboxylic acids is 2. The van der Waals surface area contributed by atoms with Crippen LogP contribution in [0.3, 0.4) is 0 Å². The number of carbonyl (C=O) groups is 4. The van der Waals surface area contributed by atoms with Gasteiger partial charge in [-0.25, -0.2) is 9.59 Å². The van der Waals surface area contributed by atoms with Gasteiger partial charge < -0.3 is 20.4 Å². The van der Waals surface area contributed by atoms with Gasteiger partial charge >= 0.3 is 11.9 Å². The molecule has 1 atom stereocenters. The van der Waals surface area contributed by atoms with Gasteiger partial charge in [0, 0.05) is 31.6 Å². The highest BCUT2D eigenvalue weighted by molar-refractivity contribution is 6.02. The summed E-state index contributed by atoms with van der Waals surface area (Å²) in [7, 11) is 0. The second kappa shape index (κ2) is 8.36. The Morgan fingerprint density at radius 2 is 1.67 bits per heavy atom. The summed E-state index contributed by atoms with van der Waals surface area (Å²) in [4.78, 5) is 48.7. The fourth-order valence-electron chi connectivity index (χ4n) is 3.78. The molecule has 3 rings (SSSR count). The molecule has 0 unspecified atom stereocenters. The van der Waals surface area contributed by atoms with E-state index in [2.05, 4.69) is 5.32 Å². The number of benzene rings is 2. The Morgan fingerprint density at radius 3 is 2.23 bits per heavy atom. The second-order valence-corrected chi connectivity index (χ2v) is 7.29. The van der Waals surface area contributed by atoms with Crippen LogP contribution in [0.1, 0.15) is 50.0 Å². The van der Waals surface area contributed by atoms with Crippen molar-refractivity contribution in [2.75, 3.05) is 13.1 Å². The van der Waals surface area contributed by atoms with Gasteiger partial charge in [-0.05, 0) is 48.2 Å². The van der Waals surface area contributed by atoms with Gasteiger partial charge in [0.15, 0.2) is 0 Å². The molecule has 0 aromatic heterocycles. The lowest BCUT2D eigenvalue weighted by molar-refractivity contribution is -0.119. The van der Waals surface area contributed by atoms with Crippen molar-refractivity contribution in [3.63, 3.8) is 0 Å². The topological polar surface area (TPSA) is 124 Å². The maximum atomic E-state index is 12.7. The summed E-state index contributed by atoms with van der Waals surface area (Å²) in [6.07, 6.45) is 0.695. The van der Waals surface area contributed by atoms with Crippen molar-refractivity contribution in [1.82, 2.24) is 10.2 Å². The fraction of sp³-hybridized carbons (Fsp3) is 0.273. The average Bonchev–Trinajstić information content (AvgIpc) is 3.14. The van der Waals surface area contributed by atoms with Crippen molar-refractivity contribution in [3.8, 4) is 11.1 Å². The van der Waals surface area contributed by atoms with Gasteiger partial charge in [-0.3, -0.25) is 9.59 Å². The molecule has 1 aliphatic heterocycles. The summed E-state index contributed by atoms with van der Waals surface area (Å²) in [5, 5.41) is 21.7. The number of nitrogens with zero attached hydrogens (tertiary/aromatic N) is 1. The molecule has 0 bridgehead atoms. The van der Waals surface area contributed by atoms with E-state index in [0.717, 1.165) is 0 Å². The van der Waals surface area contributed by atoms with E-state index in [9.17, 15) is 29.4 Å². The molecule has 1 heterocycles. The number of hydrogen-bond donors (Lipinski definition) is 3. The van der Waals surface area contributed by atoms with E-state index < -0.39 is 11.9 Å². The summed E-state index contributed by atoms with van der Waals surface area (Å²) in [5.41, 5.74) is 1.45. The lowest BCUT2D eigenvalue weighted by Crippen LogP contribution is -2.37. The summed E-state index contributed by atoms with van der Waals surface area (Å²) in [6.45, 7) is 3.90. The monoisotopic (exact) mass is 410 g/mol. The predicted molar refractivity (Wildman–Crippen MR) is 109 cm³/mol. The first-order valence-electron chi connectivity index (χ1n) is 9.46. The van der Waals surface area contributed by atoms with Crippen molar-refractivity contribution in [1.29, 1.82) is 0 Å². The molecule has 8 nitrogen and oxygen atoms in total. The summed E-state index contributed by atoms with van der Waals surface area (Å²) >= 11 is 0. The van der Waals surface area contributed by atoms with Crippen LogP contribution in [-0.2, 0) is 4.79 Å². The number of aromatic carboxylic acids is 2. The van der Waals surface area contributed by atoms with Gasteiger partial charge in [0.05, 0.1) is 11.1 Å². The van der Waals surface area contributed by atoms with Crippen LogP contribution in [0.2, 0.25) is 0 Å². The van der Waals surface area contributed by atoms with Crippen LogP contribution in [0.25, 0.3) is 11.1 Å². The molecule has 156 valence electrons. The molecular weight excluding hydrogens is 388 g/mol. The lowest BCUT2D eigenvalue weighted by atomic mass is 9.92. The molecular formula is C22H22N2O6. The van der Waals surface area contributed by atoms with E-state index in [1.807, 2.05) is 0 Å². The molecule has 0 aliphatic carbocycles. The molecule has 8 heteroatoms. The molecule has 30 heavy (non-hydrogen) atoms. The minimum atomic E-state index is -1.22. The summed E-state index contributed by atoms with van der Waals surface area (Å²) < 4.78 is 0. The van der Waals surface area contributed by atoms with Gasteiger partial charge in [0.1, 0.15) is 0 Å². The highest BCUT2D eigenvalue weighted by atomic mass is 16.4. The van der Waals surface area contributed by atoms with Crippen molar-refractivity contribution < 1.29 is 29.4 Å². The van der Waals surface area contributed by atoms with Gasteiger partial charge in [-0.1, -0.05) is 18.2 Å². The van der Waals surface area contributed by atoms with Gasteiger partial charge in [0.25, 0.3) is 5.91 Å². The van der Waals surface area contributed by atoms with Crippen LogP contribution in [0.4, 0.5) is 0 Å². The number of hydrogen-bond acceptors (Lipinski definition) is 4. The lowest BCUT2D eigenvalue weighted by Gasteiger charge is -2.17. The third-order valence-corrected chi connectivity index (χ3v) is 5.23. The smallest absolute Gasteiger partial charge is 0.336 e. The zero-order valence-electron chi connectivity index (χ0n) is 16.6. The third-order valence-electron chi connectivity index (χ3n) is 5.23. The largest absolute Gasteiger partial charge is 0.478 e. The summed E-state index contributed by atoms with van der Waals surface area (Å²) in [6, 6.07) is 9.33. The van der Waals surface area contributed by atoms with Gasteiger partial charge in [-0.15, -0.1) is 0 Å². The van der Waals surface area contributed by atoms with E-state index >= 15 is 0 Å². The fourth-order valence-corrected chi connectivity index (χ4v) is 3.78. The number of rotatable bonds is 5. The minimum Gasteiger partial charge on any atom is -0.478 e. The Labute approximate surface area is 173 Å². The Hall–Kier alpha value is -3.68. The predicted octanol–water partition coefficient (Wildman–Crippen LogP) is 2.41. The molecule has 2 aromatic rings. The molecule has 0 saturated carbocycles. The zero-order chi connectivity index (χ0) is 22.0. The van der Waals surface area contributed by atoms with Crippen LogP contribution in [0, 0.1) is 6.92 Å². The van der Waals surface area contributed by atoms with E-state index in [4.69, 9.17) is 0 Å². The molecule has 2 amide bonds. The number of carboxylic acid groups (broad SMARTS) is 2. The summed E-state index contributed by atoms with van der Waals surface area (Å²) in [5.74, 6) is -2.69. The first kappa shape index (κ1) is 21.0. The van der Waals surface area contributed by atoms with E-state index in [1.165, 1.54) is 26.0 Å². The van der Waals surface area contributed by atoms with Crippen molar-refractivity contribution in [2.24, 2.45) is 0 Å². The first-order valence-corrected chi connectivity index (χ1v) is 9.46. The number of amides is 2. The highest BCUT2D eigenvalue weighted by Gasteiger charge is 2.27. The number of nitrogens with one attached hydrogen (secondary N) is 1. The van der Waals surface area contributed by atoms with Crippen molar-refractivity contribution in [2.45, 2.75) is 26.3 Å². The normalized spacial score (nSPS) is 15.7. The Balaban J connectivity index is 1.85.